The minimum Gasteiger partial charge on any atom is -0.372 e. The van der Waals surface area contributed by atoms with Crippen LogP contribution in [0.1, 0.15) is 44.4 Å². The summed E-state index contributed by atoms with van der Waals surface area (Å²) >= 11 is 0. The standard InChI is InChI=1S/C13H21N3O/c1-11(13-10-14-7-8-16-13)17-9-5-12-4-2-3-6-15-12/h7-8,10-12,15H,2-6,9H2,1H3/t11-,12-/m1/s1. The quantitative estimate of drug-likeness (QED) is 0.849. The predicted molar refractivity (Wildman–Crippen MR) is 66.7 cm³/mol. The number of aromatic nitrogens is 2. The summed E-state index contributed by atoms with van der Waals surface area (Å²) in [6, 6.07) is 0.637. The van der Waals surface area contributed by atoms with Crippen LogP contribution in [-0.2, 0) is 4.74 Å². The van der Waals surface area contributed by atoms with Crippen LogP contribution in [0.3, 0.4) is 0 Å². The van der Waals surface area contributed by atoms with Gasteiger partial charge >= 0.3 is 0 Å². The topological polar surface area (TPSA) is 47.0 Å². The van der Waals surface area contributed by atoms with Crippen molar-refractivity contribution in [3.63, 3.8) is 0 Å². The third-order valence-corrected chi connectivity index (χ3v) is 3.25. The van der Waals surface area contributed by atoms with Gasteiger partial charge in [-0.05, 0) is 32.7 Å². The lowest BCUT2D eigenvalue weighted by molar-refractivity contribution is 0.0544. The van der Waals surface area contributed by atoms with Crippen LogP contribution in [0.4, 0.5) is 0 Å². The van der Waals surface area contributed by atoms with Crippen molar-refractivity contribution >= 4 is 0 Å². The van der Waals surface area contributed by atoms with Gasteiger partial charge in [0.15, 0.2) is 0 Å². The summed E-state index contributed by atoms with van der Waals surface area (Å²) in [7, 11) is 0. The van der Waals surface area contributed by atoms with Crippen molar-refractivity contribution in [1.82, 2.24) is 15.3 Å². The summed E-state index contributed by atoms with van der Waals surface area (Å²) in [6.45, 7) is 3.97. The average molecular weight is 235 g/mol. The van der Waals surface area contributed by atoms with E-state index in [1.807, 2.05) is 6.92 Å². The molecule has 0 saturated carbocycles. The smallest absolute Gasteiger partial charge is 0.0982 e. The van der Waals surface area contributed by atoms with E-state index in [9.17, 15) is 0 Å². The zero-order valence-corrected chi connectivity index (χ0v) is 10.4. The number of nitrogens with zero attached hydrogens (tertiary/aromatic N) is 2. The first kappa shape index (κ1) is 12.5. The zero-order valence-electron chi connectivity index (χ0n) is 10.4. The zero-order chi connectivity index (χ0) is 11.9. The van der Waals surface area contributed by atoms with Gasteiger partial charge in [0.25, 0.3) is 0 Å². The Kier molecular flexibility index (Phi) is 4.88. The van der Waals surface area contributed by atoms with E-state index in [1.54, 1.807) is 18.6 Å². The van der Waals surface area contributed by atoms with Crippen molar-refractivity contribution in [3.05, 3.63) is 24.3 Å². The maximum atomic E-state index is 5.79. The third-order valence-electron chi connectivity index (χ3n) is 3.25. The molecule has 0 aliphatic carbocycles. The summed E-state index contributed by atoms with van der Waals surface area (Å²) in [5.41, 5.74) is 0.907. The molecular formula is C13H21N3O. The molecule has 4 heteroatoms. The molecular weight excluding hydrogens is 214 g/mol. The monoisotopic (exact) mass is 235 g/mol. The molecule has 0 radical (unpaired) electrons. The molecule has 1 fully saturated rings. The van der Waals surface area contributed by atoms with Crippen molar-refractivity contribution in [2.45, 2.75) is 44.8 Å². The lowest BCUT2D eigenvalue weighted by atomic mass is 10.0. The maximum absolute atomic E-state index is 5.79. The number of rotatable bonds is 5. The van der Waals surface area contributed by atoms with Crippen LogP contribution < -0.4 is 5.32 Å². The van der Waals surface area contributed by atoms with E-state index in [0.717, 1.165) is 25.3 Å². The highest BCUT2D eigenvalue weighted by atomic mass is 16.5. The van der Waals surface area contributed by atoms with Crippen molar-refractivity contribution in [2.75, 3.05) is 13.2 Å². The lowest BCUT2D eigenvalue weighted by Gasteiger charge is -2.23. The molecule has 0 bridgehead atoms. The fraction of sp³-hybridized carbons (Fsp3) is 0.692. The van der Waals surface area contributed by atoms with Gasteiger partial charge in [-0.3, -0.25) is 9.97 Å². The van der Waals surface area contributed by atoms with E-state index in [4.69, 9.17) is 4.74 Å². The van der Waals surface area contributed by atoms with Crippen LogP contribution in [0.15, 0.2) is 18.6 Å². The van der Waals surface area contributed by atoms with Gasteiger partial charge in [-0.2, -0.15) is 0 Å². The molecule has 94 valence electrons. The van der Waals surface area contributed by atoms with Gasteiger partial charge in [-0.1, -0.05) is 6.42 Å². The largest absolute Gasteiger partial charge is 0.372 e. The SMILES string of the molecule is C[C@@H](OCC[C@H]1CCCCN1)c1cnccn1. The Morgan fingerprint density at radius 2 is 2.41 bits per heavy atom. The summed E-state index contributed by atoms with van der Waals surface area (Å²) in [4.78, 5) is 8.29. The second-order valence-corrected chi connectivity index (χ2v) is 4.58. The molecule has 17 heavy (non-hydrogen) atoms. The number of hydrogen-bond acceptors (Lipinski definition) is 4. The van der Waals surface area contributed by atoms with E-state index in [1.165, 1.54) is 19.3 Å². The third kappa shape index (κ3) is 4.06. The van der Waals surface area contributed by atoms with Crippen LogP contribution >= 0.6 is 0 Å². The molecule has 4 nitrogen and oxygen atoms in total. The summed E-state index contributed by atoms with van der Waals surface area (Å²) in [5, 5.41) is 3.52. The van der Waals surface area contributed by atoms with Gasteiger partial charge in [0, 0.05) is 25.0 Å². The molecule has 2 rings (SSSR count). The fourth-order valence-corrected chi connectivity index (χ4v) is 2.16. The number of ether oxygens (including phenoxy) is 1. The Balaban J connectivity index is 1.67. The molecule has 0 aromatic carbocycles. The second-order valence-electron chi connectivity index (χ2n) is 4.58. The van der Waals surface area contributed by atoms with Crippen LogP contribution in [0, 0.1) is 0 Å². The molecule has 2 heterocycles. The first-order chi connectivity index (χ1) is 8.36. The van der Waals surface area contributed by atoms with E-state index < -0.39 is 0 Å². The maximum Gasteiger partial charge on any atom is 0.0982 e. The summed E-state index contributed by atoms with van der Waals surface area (Å²) < 4.78 is 5.79. The Morgan fingerprint density at radius 3 is 3.12 bits per heavy atom. The Hall–Kier alpha value is -1.00. The minimum absolute atomic E-state index is 0.0345. The molecule has 1 aliphatic heterocycles. The number of nitrogens with one attached hydrogen (secondary N) is 1. The molecule has 2 atom stereocenters. The second kappa shape index (κ2) is 6.67. The predicted octanol–water partition coefficient (Wildman–Crippen LogP) is 2.09. The van der Waals surface area contributed by atoms with Crippen LogP contribution in [0.2, 0.25) is 0 Å². The van der Waals surface area contributed by atoms with Gasteiger partial charge in [0.1, 0.15) is 0 Å². The Labute approximate surface area is 103 Å². The van der Waals surface area contributed by atoms with Gasteiger partial charge in [-0.25, -0.2) is 0 Å². The van der Waals surface area contributed by atoms with E-state index >= 15 is 0 Å². The number of piperidine rings is 1. The highest BCUT2D eigenvalue weighted by molar-refractivity contribution is 4.97. The van der Waals surface area contributed by atoms with Gasteiger partial charge < -0.3 is 10.1 Å². The van der Waals surface area contributed by atoms with Crippen molar-refractivity contribution in [2.24, 2.45) is 0 Å². The summed E-state index contributed by atoms with van der Waals surface area (Å²) in [6.07, 6.45) is 10.2. The molecule has 0 spiro atoms. The molecule has 0 amide bonds. The molecule has 0 unspecified atom stereocenters. The van der Waals surface area contributed by atoms with Crippen molar-refractivity contribution in [1.29, 1.82) is 0 Å². The van der Waals surface area contributed by atoms with Crippen LogP contribution in [-0.4, -0.2) is 29.2 Å². The average Bonchev–Trinajstić information content (AvgIpc) is 2.41. The molecule has 1 N–H and O–H groups in total. The summed E-state index contributed by atoms with van der Waals surface area (Å²) in [5.74, 6) is 0. The van der Waals surface area contributed by atoms with Gasteiger partial charge in [0.2, 0.25) is 0 Å². The number of hydrogen-bond donors (Lipinski definition) is 1. The van der Waals surface area contributed by atoms with Crippen LogP contribution in [0.25, 0.3) is 0 Å². The van der Waals surface area contributed by atoms with E-state index in [-0.39, 0.29) is 6.10 Å². The Bertz CT molecular complexity index is 312. The van der Waals surface area contributed by atoms with E-state index in [0.29, 0.717) is 6.04 Å². The Morgan fingerprint density at radius 1 is 1.47 bits per heavy atom. The van der Waals surface area contributed by atoms with Gasteiger partial charge in [0.05, 0.1) is 18.0 Å². The first-order valence-electron chi connectivity index (χ1n) is 6.47. The van der Waals surface area contributed by atoms with Crippen LogP contribution in [0.5, 0.6) is 0 Å². The normalized spacial score (nSPS) is 22.3. The highest BCUT2D eigenvalue weighted by Gasteiger charge is 2.13. The molecule has 1 aromatic heterocycles. The van der Waals surface area contributed by atoms with Crippen molar-refractivity contribution in [3.8, 4) is 0 Å². The van der Waals surface area contributed by atoms with E-state index in [2.05, 4.69) is 15.3 Å². The first-order valence-corrected chi connectivity index (χ1v) is 6.47. The highest BCUT2D eigenvalue weighted by Crippen LogP contribution is 2.15. The van der Waals surface area contributed by atoms with Gasteiger partial charge in [-0.15, -0.1) is 0 Å². The molecule has 1 aliphatic rings. The minimum atomic E-state index is 0.0345. The lowest BCUT2D eigenvalue weighted by Crippen LogP contribution is -2.34. The van der Waals surface area contributed by atoms with Crippen molar-refractivity contribution < 1.29 is 4.74 Å². The molecule has 1 saturated heterocycles. The molecule has 1 aromatic rings. The fourth-order valence-electron chi connectivity index (χ4n) is 2.16.